The van der Waals surface area contributed by atoms with Gasteiger partial charge in [0.1, 0.15) is 0 Å². The molecule has 9 heavy (non-hydrogen) atoms. The highest BCUT2D eigenvalue weighted by molar-refractivity contribution is 5.20. The molecule has 1 fully saturated rings. The van der Waals surface area contributed by atoms with Crippen LogP contribution < -0.4 is 5.32 Å². The lowest BCUT2D eigenvalue weighted by Crippen LogP contribution is -2.34. The molecule has 0 atom stereocenters. The molecule has 1 aliphatic rings. The highest BCUT2D eigenvalue weighted by Crippen LogP contribution is 2.12. The molecule has 1 saturated heterocycles. The summed E-state index contributed by atoms with van der Waals surface area (Å²) in [5, 5.41) is 3.24. The second-order valence-electron chi connectivity index (χ2n) is 2.74. The molecule has 0 saturated carbocycles. The standard InChI is InChI=1S/C8H15N/c1-3-4-7(2)8-5-9-6-8/h9H,3-6H2,1-2H3. The van der Waals surface area contributed by atoms with E-state index in [0.717, 1.165) is 13.1 Å². The van der Waals surface area contributed by atoms with E-state index >= 15 is 0 Å². The Hall–Kier alpha value is -0.300. The third-order valence-corrected chi connectivity index (χ3v) is 1.91. The maximum atomic E-state index is 3.24. The predicted molar refractivity (Wildman–Crippen MR) is 40.5 cm³/mol. The van der Waals surface area contributed by atoms with Gasteiger partial charge in [0.2, 0.25) is 0 Å². The van der Waals surface area contributed by atoms with Crippen molar-refractivity contribution >= 4 is 0 Å². The van der Waals surface area contributed by atoms with Gasteiger partial charge in [-0.2, -0.15) is 0 Å². The molecule has 0 spiro atoms. The second-order valence-corrected chi connectivity index (χ2v) is 2.74. The molecule has 0 aromatic rings. The highest BCUT2D eigenvalue weighted by atomic mass is 14.9. The monoisotopic (exact) mass is 125 g/mol. The zero-order chi connectivity index (χ0) is 6.69. The maximum Gasteiger partial charge on any atom is 0.0182 e. The van der Waals surface area contributed by atoms with E-state index in [1.165, 1.54) is 12.8 Å². The van der Waals surface area contributed by atoms with Gasteiger partial charge in [-0.15, -0.1) is 0 Å². The van der Waals surface area contributed by atoms with Crippen molar-refractivity contribution in [3.05, 3.63) is 11.1 Å². The third-order valence-electron chi connectivity index (χ3n) is 1.91. The van der Waals surface area contributed by atoms with Crippen LogP contribution in [0.1, 0.15) is 26.7 Å². The summed E-state index contributed by atoms with van der Waals surface area (Å²) in [6, 6.07) is 0. The van der Waals surface area contributed by atoms with Crippen LogP contribution >= 0.6 is 0 Å². The molecule has 1 N–H and O–H groups in total. The van der Waals surface area contributed by atoms with Crippen LogP contribution in [0.15, 0.2) is 11.1 Å². The molecule has 1 nitrogen and oxygen atoms in total. The van der Waals surface area contributed by atoms with Gasteiger partial charge in [0.15, 0.2) is 0 Å². The van der Waals surface area contributed by atoms with Crippen molar-refractivity contribution < 1.29 is 0 Å². The Kier molecular flexibility index (Phi) is 2.29. The minimum absolute atomic E-state index is 1.14. The fourth-order valence-electron chi connectivity index (χ4n) is 1.10. The second kappa shape index (κ2) is 3.02. The molecule has 0 aliphatic carbocycles. The minimum Gasteiger partial charge on any atom is -0.309 e. The smallest absolute Gasteiger partial charge is 0.0182 e. The number of hydrogen-bond acceptors (Lipinski definition) is 1. The van der Waals surface area contributed by atoms with Crippen LogP contribution in [0.5, 0.6) is 0 Å². The molecule has 0 aromatic heterocycles. The number of rotatable bonds is 2. The van der Waals surface area contributed by atoms with Crippen molar-refractivity contribution in [3.63, 3.8) is 0 Å². The first-order valence-corrected chi connectivity index (χ1v) is 3.72. The van der Waals surface area contributed by atoms with Crippen LogP contribution in [-0.4, -0.2) is 13.1 Å². The molecular formula is C8H15N. The van der Waals surface area contributed by atoms with Gasteiger partial charge in [0, 0.05) is 13.1 Å². The van der Waals surface area contributed by atoms with Crippen LogP contribution in [0.3, 0.4) is 0 Å². The van der Waals surface area contributed by atoms with E-state index < -0.39 is 0 Å². The van der Waals surface area contributed by atoms with Crippen LogP contribution in [0.25, 0.3) is 0 Å². The van der Waals surface area contributed by atoms with Gasteiger partial charge in [-0.3, -0.25) is 0 Å². The van der Waals surface area contributed by atoms with Gasteiger partial charge in [-0.25, -0.2) is 0 Å². The quantitative estimate of drug-likeness (QED) is 0.554. The maximum absolute atomic E-state index is 3.24. The molecule has 1 aliphatic heterocycles. The van der Waals surface area contributed by atoms with E-state index in [1.807, 2.05) is 0 Å². The summed E-state index contributed by atoms with van der Waals surface area (Å²) < 4.78 is 0. The van der Waals surface area contributed by atoms with Crippen LogP contribution in [0, 0.1) is 0 Å². The third kappa shape index (κ3) is 1.55. The summed E-state index contributed by atoms with van der Waals surface area (Å²) in [7, 11) is 0. The molecule has 0 radical (unpaired) electrons. The summed E-state index contributed by atoms with van der Waals surface area (Å²) in [6.45, 7) is 6.77. The first-order valence-electron chi connectivity index (χ1n) is 3.72. The summed E-state index contributed by atoms with van der Waals surface area (Å²) in [6.07, 6.45) is 2.58. The lowest BCUT2D eigenvalue weighted by Gasteiger charge is -2.21. The Bertz CT molecular complexity index is 119. The SMILES string of the molecule is CCCC(C)=C1CNC1. The summed E-state index contributed by atoms with van der Waals surface area (Å²) >= 11 is 0. The van der Waals surface area contributed by atoms with Crippen molar-refractivity contribution in [2.45, 2.75) is 26.7 Å². The Labute approximate surface area is 57.1 Å². The average molecular weight is 125 g/mol. The molecule has 0 unspecified atom stereocenters. The number of allylic oxidation sites excluding steroid dienone is 1. The largest absolute Gasteiger partial charge is 0.309 e. The Morgan fingerprint density at radius 3 is 2.56 bits per heavy atom. The fourth-order valence-corrected chi connectivity index (χ4v) is 1.10. The fraction of sp³-hybridized carbons (Fsp3) is 0.750. The summed E-state index contributed by atoms with van der Waals surface area (Å²) in [5.74, 6) is 0. The van der Waals surface area contributed by atoms with E-state index in [0.29, 0.717) is 0 Å². The Morgan fingerprint density at radius 1 is 1.56 bits per heavy atom. The van der Waals surface area contributed by atoms with E-state index in [-0.39, 0.29) is 0 Å². The van der Waals surface area contributed by atoms with Crippen molar-refractivity contribution in [1.29, 1.82) is 0 Å². The van der Waals surface area contributed by atoms with E-state index in [9.17, 15) is 0 Å². The van der Waals surface area contributed by atoms with Gasteiger partial charge in [-0.05, 0) is 18.9 Å². The molecule has 52 valence electrons. The van der Waals surface area contributed by atoms with Gasteiger partial charge in [-0.1, -0.05) is 18.9 Å². The van der Waals surface area contributed by atoms with Crippen molar-refractivity contribution in [3.8, 4) is 0 Å². The predicted octanol–water partition coefficient (Wildman–Crippen LogP) is 1.71. The first kappa shape index (κ1) is 6.81. The lowest BCUT2D eigenvalue weighted by molar-refractivity contribution is 0.648. The van der Waals surface area contributed by atoms with Crippen molar-refractivity contribution in [2.24, 2.45) is 0 Å². The summed E-state index contributed by atoms with van der Waals surface area (Å²) in [5.41, 5.74) is 3.24. The van der Waals surface area contributed by atoms with Crippen LogP contribution in [0.4, 0.5) is 0 Å². The number of nitrogens with one attached hydrogen (secondary N) is 1. The van der Waals surface area contributed by atoms with Gasteiger partial charge < -0.3 is 5.32 Å². The average Bonchev–Trinajstić information content (AvgIpc) is 1.60. The van der Waals surface area contributed by atoms with Gasteiger partial charge in [0.05, 0.1) is 0 Å². The van der Waals surface area contributed by atoms with E-state index in [2.05, 4.69) is 19.2 Å². The zero-order valence-electron chi connectivity index (χ0n) is 6.33. The highest BCUT2D eigenvalue weighted by Gasteiger charge is 2.08. The van der Waals surface area contributed by atoms with Gasteiger partial charge in [0.25, 0.3) is 0 Å². The topological polar surface area (TPSA) is 12.0 Å². The van der Waals surface area contributed by atoms with Gasteiger partial charge >= 0.3 is 0 Å². The molecular weight excluding hydrogens is 110 g/mol. The molecule has 1 heteroatoms. The minimum atomic E-state index is 1.14. The molecule has 0 bridgehead atoms. The molecule has 0 amide bonds. The van der Waals surface area contributed by atoms with Crippen molar-refractivity contribution in [1.82, 2.24) is 5.32 Å². The lowest BCUT2D eigenvalue weighted by atomic mass is 10.0. The zero-order valence-corrected chi connectivity index (χ0v) is 6.33. The molecule has 0 aromatic carbocycles. The molecule has 1 heterocycles. The van der Waals surface area contributed by atoms with E-state index in [1.54, 1.807) is 11.1 Å². The normalized spacial score (nSPS) is 17.3. The van der Waals surface area contributed by atoms with Crippen LogP contribution in [0.2, 0.25) is 0 Å². The molecule has 1 rings (SSSR count). The Balaban J connectivity index is 2.36. The first-order chi connectivity index (χ1) is 4.34. The summed E-state index contributed by atoms with van der Waals surface area (Å²) in [4.78, 5) is 0. The number of hydrogen-bond donors (Lipinski definition) is 1. The van der Waals surface area contributed by atoms with E-state index in [4.69, 9.17) is 0 Å². The van der Waals surface area contributed by atoms with Crippen LogP contribution in [-0.2, 0) is 0 Å². The van der Waals surface area contributed by atoms with Crippen molar-refractivity contribution in [2.75, 3.05) is 13.1 Å². The Morgan fingerprint density at radius 2 is 2.22 bits per heavy atom.